The van der Waals surface area contributed by atoms with Gasteiger partial charge in [0.2, 0.25) is 13.6 Å². The number of fused-ring (bicyclic) bond motifs is 4. The van der Waals surface area contributed by atoms with E-state index in [2.05, 4.69) is 34.1 Å². The average molecular weight is 633 g/mol. The molecule has 0 N–H and O–H groups in total. The third-order valence-corrected chi connectivity index (χ3v) is 9.73. The number of halogens is 1. The van der Waals surface area contributed by atoms with E-state index in [0.29, 0.717) is 24.2 Å². The molecule has 0 amide bonds. The lowest BCUT2D eigenvalue weighted by atomic mass is 9.81. The molecular weight excluding hydrogens is 592 g/mol. The fraction of sp³-hybridized carbons (Fsp3) is 0.472. The first-order chi connectivity index (χ1) is 22.1. The Morgan fingerprint density at radius 3 is 1.67 bits per heavy atom. The Kier molecular flexibility index (Phi) is 9.33. The van der Waals surface area contributed by atoms with Crippen molar-refractivity contribution in [3.63, 3.8) is 0 Å². The molecule has 4 heterocycles. The van der Waals surface area contributed by atoms with Crippen molar-refractivity contribution in [1.82, 2.24) is 9.80 Å². The molecule has 2 bridgehead atoms. The second-order valence-electron chi connectivity index (χ2n) is 12.7. The normalized spacial score (nSPS) is 22.0. The van der Waals surface area contributed by atoms with Gasteiger partial charge in [0.05, 0.1) is 5.56 Å². The van der Waals surface area contributed by atoms with Crippen LogP contribution in [-0.4, -0.2) is 74.7 Å². The first-order valence-corrected chi connectivity index (χ1v) is 16.6. The Balaban J connectivity index is 0.918. The van der Waals surface area contributed by atoms with Crippen LogP contribution in [0.4, 0.5) is 0 Å². The Labute approximate surface area is 270 Å². The van der Waals surface area contributed by atoms with E-state index in [9.17, 15) is 4.79 Å². The van der Waals surface area contributed by atoms with Gasteiger partial charge in [-0.05, 0) is 111 Å². The van der Waals surface area contributed by atoms with Gasteiger partial charge in [0.15, 0.2) is 23.0 Å². The number of aryl methyl sites for hydroxylation is 2. The first-order valence-electron chi connectivity index (χ1n) is 16.3. The number of nitrogens with zero attached hydrogens (tertiary/aromatic N) is 2. The first kappa shape index (κ1) is 30.2. The summed E-state index contributed by atoms with van der Waals surface area (Å²) in [6.45, 7) is 6.55. The number of hydrogen-bond acceptors (Lipinski definition) is 8. The van der Waals surface area contributed by atoms with E-state index in [0.717, 1.165) is 101 Å². The molecular formula is C36H41ClN2O6. The summed E-state index contributed by atoms with van der Waals surface area (Å²) in [7, 11) is 0. The van der Waals surface area contributed by atoms with Gasteiger partial charge >= 0.3 is 5.97 Å². The lowest BCUT2D eigenvalue weighted by molar-refractivity contribution is -0.0890. The van der Waals surface area contributed by atoms with Crippen LogP contribution in [0.25, 0.3) is 0 Å². The van der Waals surface area contributed by atoms with Crippen molar-refractivity contribution in [3.8, 4) is 23.0 Å². The number of rotatable bonds is 12. The minimum atomic E-state index is -0.249. The number of esters is 1. The number of ether oxygens (including phenoxy) is 5. The number of piperidine rings is 2. The Bertz CT molecular complexity index is 1390. The van der Waals surface area contributed by atoms with E-state index < -0.39 is 0 Å². The Morgan fingerprint density at radius 2 is 1.16 bits per heavy atom. The Hall–Kier alpha value is -3.46. The topological polar surface area (TPSA) is 69.7 Å². The maximum absolute atomic E-state index is 13.1. The second-order valence-corrected chi connectivity index (χ2v) is 13.1. The summed E-state index contributed by atoms with van der Waals surface area (Å²) >= 11 is 6.05. The highest BCUT2D eigenvalue weighted by Gasteiger charge is 2.44. The van der Waals surface area contributed by atoms with Crippen LogP contribution in [0, 0.1) is 11.8 Å². The summed E-state index contributed by atoms with van der Waals surface area (Å²) < 4.78 is 28.2. The summed E-state index contributed by atoms with van der Waals surface area (Å²) in [4.78, 5) is 18.3. The van der Waals surface area contributed by atoms with Crippen molar-refractivity contribution in [2.75, 3.05) is 52.9 Å². The zero-order valence-corrected chi connectivity index (χ0v) is 26.4. The smallest absolute Gasteiger partial charge is 0.338 e. The van der Waals surface area contributed by atoms with Crippen LogP contribution in [0.15, 0.2) is 60.7 Å². The van der Waals surface area contributed by atoms with E-state index in [1.165, 1.54) is 11.1 Å². The minimum Gasteiger partial charge on any atom is -0.458 e. The van der Waals surface area contributed by atoms with Crippen molar-refractivity contribution in [2.24, 2.45) is 11.8 Å². The molecule has 0 spiro atoms. The van der Waals surface area contributed by atoms with Crippen LogP contribution in [0.3, 0.4) is 0 Å². The molecule has 0 aliphatic carbocycles. The summed E-state index contributed by atoms with van der Waals surface area (Å²) in [6, 6.07) is 19.5. The number of likely N-dealkylation sites (tertiary alicyclic amines) is 2. The van der Waals surface area contributed by atoms with Crippen LogP contribution < -0.4 is 18.9 Å². The molecule has 0 aromatic heterocycles. The summed E-state index contributed by atoms with van der Waals surface area (Å²) in [5.41, 5.74) is 3.14. The molecule has 3 aromatic carbocycles. The molecule has 238 valence electrons. The van der Waals surface area contributed by atoms with Gasteiger partial charge in [-0.1, -0.05) is 23.7 Å². The fourth-order valence-electron chi connectivity index (χ4n) is 7.25. The van der Waals surface area contributed by atoms with Gasteiger partial charge in [0.25, 0.3) is 0 Å². The van der Waals surface area contributed by atoms with E-state index in [4.69, 9.17) is 35.3 Å². The zero-order chi connectivity index (χ0) is 30.6. The standard InChI is InChI=1S/C36H41ClN2O6/c37-30-11-9-27(10-12-30)36(40)45-35-28-19-38(15-3-1-5-25-7-13-31-33(17-25)43-23-41-31)20-29(35)22-39(21-28)16-4-2-6-26-8-14-32-34(18-26)44-24-42-32/h7-14,17-18,28-29,35H,1-6,15-16,19-24H2. The fourth-order valence-corrected chi connectivity index (χ4v) is 7.37. The third kappa shape index (κ3) is 7.35. The van der Waals surface area contributed by atoms with Crippen LogP contribution in [0.1, 0.15) is 47.2 Å². The zero-order valence-electron chi connectivity index (χ0n) is 25.6. The molecule has 4 aliphatic rings. The van der Waals surface area contributed by atoms with Crippen LogP contribution in [0.2, 0.25) is 5.02 Å². The highest BCUT2D eigenvalue weighted by atomic mass is 35.5. The molecule has 0 radical (unpaired) electrons. The van der Waals surface area contributed by atoms with E-state index >= 15 is 0 Å². The van der Waals surface area contributed by atoms with E-state index in [1.54, 1.807) is 24.3 Å². The van der Waals surface area contributed by atoms with Crippen LogP contribution in [-0.2, 0) is 17.6 Å². The quantitative estimate of drug-likeness (QED) is 0.172. The van der Waals surface area contributed by atoms with E-state index in [-0.39, 0.29) is 23.9 Å². The van der Waals surface area contributed by atoms with Gasteiger partial charge in [-0.25, -0.2) is 4.79 Å². The summed E-state index contributed by atoms with van der Waals surface area (Å²) in [5, 5.41) is 0.615. The predicted octanol–water partition coefficient (Wildman–Crippen LogP) is 6.23. The molecule has 0 unspecified atom stereocenters. The number of hydrogen-bond donors (Lipinski definition) is 0. The number of carbonyl (C=O) groups is 1. The van der Waals surface area contributed by atoms with Gasteiger partial charge in [-0.2, -0.15) is 0 Å². The van der Waals surface area contributed by atoms with Crippen molar-refractivity contribution < 1.29 is 28.5 Å². The average Bonchev–Trinajstić information content (AvgIpc) is 3.71. The molecule has 3 aromatic rings. The van der Waals surface area contributed by atoms with Gasteiger partial charge in [-0.15, -0.1) is 0 Å². The number of carbonyl (C=O) groups excluding carboxylic acids is 1. The molecule has 2 fully saturated rings. The molecule has 0 atom stereocenters. The lowest BCUT2D eigenvalue weighted by Gasteiger charge is -2.50. The molecule has 8 nitrogen and oxygen atoms in total. The minimum absolute atomic E-state index is 0.0667. The van der Waals surface area contributed by atoms with Gasteiger partial charge in [0, 0.05) is 43.0 Å². The second kappa shape index (κ2) is 13.9. The lowest BCUT2D eigenvalue weighted by Crippen LogP contribution is -2.61. The predicted molar refractivity (Wildman–Crippen MR) is 172 cm³/mol. The Morgan fingerprint density at radius 1 is 0.667 bits per heavy atom. The highest BCUT2D eigenvalue weighted by Crippen LogP contribution is 2.35. The number of unbranched alkanes of at least 4 members (excludes halogenated alkanes) is 2. The van der Waals surface area contributed by atoms with Crippen LogP contribution >= 0.6 is 11.6 Å². The highest BCUT2D eigenvalue weighted by molar-refractivity contribution is 6.30. The van der Waals surface area contributed by atoms with Gasteiger partial charge in [-0.3, -0.25) is 0 Å². The molecule has 2 saturated heterocycles. The monoisotopic (exact) mass is 632 g/mol. The SMILES string of the molecule is O=C(OC1C2CN(CCCCc3ccc4c(c3)OCO4)CC1CN(CCCCc1ccc3c(c1)OCO3)C2)c1ccc(Cl)cc1. The van der Waals surface area contributed by atoms with Crippen molar-refractivity contribution in [2.45, 2.75) is 44.6 Å². The molecule has 9 heteroatoms. The van der Waals surface area contributed by atoms with Crippen LogP contribution in [0.5, 0.6) is 23.0 Å². The van der Waals surface area contributed by atoms with Crippen molar-refractivity contribution in [1.29, 1.82) is 0 Å². The number of benzene rings is 3. The molecule has 7 rings (SSSR count). The van der Waals surface area contributed by atoms with E-state index in [1.807, 2.05) is 12.1 Å². The van der Waals surface area contributed by atoms with Crippen molar-refractivity contribution in [3.05, 3.63) is 82.4 Å². The molecule has 45 heavy (non-hydrogen) atoms. The van der Waals surface area contributed by atoms with Gasteiger partial charge < -0.3 is 33.5 Å². The summed E-state index contributed by atoms with van der Waals surface area (Å²) in [5.74, 6) is 3.71. The molecule has 4 aliphatic heterocycles. The van der Waals surface area contributed by atoms with Gasteiger partial charge in [0.1, 0.15) is 6.10 Å². The largest absolute Gasteiger partial charge is 0.458 e. The maximum atomic E-state index is 13.1. The van der Waals surface area contributed by atoms with Crippen molar-refractivity contribution >= 4 is 17.6 Å². The third-order valence-electron chi connectivity index (χ3n) is 9.48. The molecule has 0 saturated carbocycles. The summed E-state index contributed by atoms with van der Waals surface area (Å²) in [6.07, 6.45) is 6.49. The maximum Gasteiger partial charge on any atom is 0.338 e.